The van der Waals surface area contributed by atoms with Crippen molar-refractivity contribution in [2.75, 3.05) is 26.4 Å². The molecule has 0 aliphatic carbocycles. The lowest BCUT2D eigenvalue weighted by molar-refractivity contribution is -0.180. The van der Waals surface area contributed by atoms with E-state index in [1.165, 1.54) is 9.36 Å². The van der Waals surface area contributed by atoms with Crippen molar-refractivity contribution in [2.45, 2.75) is 52.4 Å². The maximum absolute atomic E-state index is 12.4. The molecule has 0 amide bonds. The van der Waals surface area contributed by atoms with Gasteiger partial charge < -0.3 is 28.4 Å². The van der Waals surface area contributed by atoms with Crippen LogP contribution in [0.2, 0.25) is 20.1 Å². The molecule has 0 unspecified atom stereocenters. The van der Waals surface area contributed by atoms with E-state index >= 15 is 0 Å². The van der Waals surface area contributed by atoms with Gasteiger partial charge in [0, 0.05) is 11.1 Å². The molecule has 0 saturated carbocycles. The van der Waals surface area contributed by atoms with Crippen LogP contribution in [0.3, 0.4) is 0 Å². The summed E-state index contributed by atoms with van der Waals surface area (Å²) in [6, 6.07) is 24.0. The normalized spacial score (nSPS) is 12.2. The number of aromatic nitrogens is 6. The van der Waals surface area contributed by atoms with Crippen molar-refractivity contribution in [2.24, 2.45) is 0 Å². The molecule has 0 fully saturated rings. The van der Waals surface area contributed by atoms with E-state index in [1.54, 1.807) is 88.4 Å². The highest BCUT2D eigenvalue weighted by molar-refractivity contribution is 6.42. The molecule has 0 radical (unpaired) electrons. The molecule has 16 nitrogen and oxygen atoms in total. The summed E-state index contributed by atoms with van der Waals surface area (Å²) in [5.41, 5.74) is 3.46. The molecule has 0 spiro atoms. The number of esters is 4. The van der Waals surface area contributed by atoms with Crippen LogP contribution in [-0.4, -0.2) is 92.5 Å². The van der Waals surface area contributed by atoms with Crippen molar-refractivity contribution in [3.8, 4) is 0 Å². The summed E-state index contributed by atoms with van der Waals surface area (Å²) in [5, 5.41) is 17.8. The van der Waals surface area contributed by atoms with Gasteiger partial charge in [0.2, 0.25) is 0 Å². The number of ether oxygens (including phenoxy) is 6. The number of carbonyl (C=O) groups is 4. The Morgan fingerprint density at radius 1 is 0.500 bits per heavy atom. The Balaban J connectivity index is 0.000000228. The molecular formula is C40H38Cl4N6O10. The monoisotopic (exact) mass is 902 g/mol. The SMILES string of the molecule is CCOC(=O)C(O[C@@H](c1ccc(Cl)c(Cl)c1)n1nnc2ccccc21)C(=O)OCC.CCOC(=O)C(O[C@H](c1ccc(Cl)c(Cl)c1)n1nnc2ccccc21)C(=O)OCC. The first-order valence-corrected chi connectivity index (χ1v) is 19.9. The van der Waals surface area contributed by atoms with E-state index < -0.39 is 48.5 Å². The summed E-state index contributed by atoms with van der Waals surface area (Å²) in [5.74, 6) is -3.48. The van der Waals surface area contributed by atoms with Crippen LogP contribution in [0.4, 0.5) is 0 Å². The molecular weight excluding hydrogens is 866 g/mol. The first kappa shape index (κ1) is 45.7. The van der Waals surface area contributed by atoms with Gasteiger partial charge in [-0.25, -0.2) is 28.5 Å². The molecule has 60 heavy (non-hydrogen) atoms. The van der Waals surface area contributed by atoms with Crippen LogP contribution in [0.5, 0.6) is 0 Å². The van der Waals surface area contributed by atoms with Gasteiger partial charge in [-0.2, -0.15) is 0 Å². The van der Waals surface area contributed by atoms with E-state index in [0.29, 0.717) is 43.2 Å². The zero-order chi connectivity index (χ0) is 43.3. The molecule has 0 bridgehead atoms. The van der Waals surface area contributed by atoms with E-state index in [1.807, 2.05) is 24.3 Å². The summed E-state index contributed by atoms with van der Waals surface area (Å²) < 4.78 is 34.7. The number of benzene rings is 4. The Bertz CT molecular complexity index is 2240. The fraction of sp³-hybridized carbons (Fsp3) is 0.300. The van der Waals surface area contributed by atoms with Gasteiger partial charge in [0.05, 0.1) is 57.6 Å². The minimum atomic E-state index is -1.63. The van der Waals surface area contributed by atoms with Gasteiger partial charge >= 0.3 is 23.9 Å². The first-order chi connectivity index (χ1) is 28.9. The Labute approximate surface area is 363 Å². The Hall–Kier alpha value is -5.36. The number of hydrogen-bond acceptors (Lipinski definition) is 14. The second-order valence-corrected chi connectivity index (χ2v) is 13.8. The predicted octanol–water partition coefficient (Wildman–Crippen LogP) is 7.59. The van der Waals surface area contributed by atoms with Crippen LogP contribution >= 0.6 is 46.4 Å². The molecule has 20 heteroatoms. The second kappa shape index (κ2) is 21.8. The maximum Gasteiger partial charge on any atom is 0.347 e. The van der Waals surface area contributed by atoms with Gasteiger partial charge in [-0.1, -0.05) is 93.2 Å². The molecule has 0 N–H and O–H groups in total. The molecule has 6 aromatic rings. The molecule has 2 atom stereocenters. The minimum Gasteiger partial charge on any atom is -0.464 e. The van der Waals surface area contributed by atoms with Crippen LogP contribution in [0.1, 0.15) is 51.3 Å². The van der Waals surface area contributed by atoms with Crippen LogP contribution in [0.15, 0.2) is 84.9 Å². The largest absolute Gasteiger partial charge is 0.464 e. The fourth-order valence-electron chi connectivity index (χ4n) is 5.55. The molecule has 4 aromatic carbocycles. The minimum absolute atomic E-state index is 0.0712. The predicted molar refractivity (Wildman–Crippen MR) is 221 cm³/mol. The number of hydrogen-bond donors (Lipinski definition) is 0. The smallest absolute Gasteiger partial charge is 0.347 e. The summed E-state index contributed by atoms with van der Waals surface area (Å²) in [7, 11) is 0. The molecule has 0 aliphatic rings. The van der Waals surface area contributed by atoms with Crippen LogP contribution in [0.25, 0.3) is 22.1 Å². The number of para-hydroxylation sites is 2. The highest BCUT2D eigenvalue weighted by Gasteiger charge is 2.37. The van der Waals surface area contributed by atoms with Crippen LogP contribution < -0.4 is 0 Å². The summed E-state index contributed by atoms with van der Waals surface area (Å²) in [6.07, 6.45) is -5.34. The number of carbonyl (C=O) groups excluding carboxylic acids is 4. The van der Waals surface area contributed by atoms with E-state index in [0.717, 1.165) is 0 Å². The van der Waals surface area contributed by atoms with Gasteiger partial charge in [-0.05, 0) is 76.2 Å². The van der Waals surface area contributed by atoms with Gasteiger partial charge in [0.1, 0.15) is 11.0 Å². The molecule has 2 heterocycles. The topological polar surface area (TPSA) is 185 Å². The third-order valence-electron chi connectivity index (χ3n) is 8.19. The first-order valence-electron chi connectivity index (χ1n) is 18.4. The second-order valence-electron chi connectivity index (χ2n) is 12.1. The van der Waals surface area contributed by atoms with Crippen molar-refractivity contribution < 1.29 is 47.6 Å². The summed E-state index contributed by atoms with van der Waals surface area (Å²) in [6.45, 7) is 6.79. The lowest BCUT2D eigenvalue weighted by Gasteiger charge is -2.23. The van der Waals surface area contributed by atoms with Crippen molar-refractivity contribution >= 4 is 92.3 Å². The third kappa shape index (κ3) is 11.1. The summed E-state index contributed by atoms with van der Waals surface area (Å²) in [4.78, 5) is 49.8. The van der Waals surface area contributed by atoms with Crippen molar-refractivity contribution in [3.63, 3.8) is 0 Å². The van der Waals surface area contributed by atoms with Crippen LogP contribution in [-0.2, 0) is 47.6 Å². The number of nitrogens with zero attached hydrogens (tertiary/aromatic N) is 6. The van der Waals surface area contributed by atoms with Crippen molar-refractivity contribution in [1.82, 2.24) is 30.0 Å². The number of halogens is 4. The zero-order valence-corrected chi connectivity index (χ0v) is 35.5. The molecule has 0 aliphatic heterocycles. The quantitative estimate of drug-likeness (QED) is 0.0525. The van der Waals surface area contributed by atoms with Gasteiger partial charge in [-0.15, -0.1) is 10.2 Å². The van der Waals surface area contributed by atoms with Crippen molar-refractivity contribution in [1.29, 1.82) is 0 Å². The lowest BCUT2D eigenvalue weighted by Crippen LogP contribution is -2.38. The Kier molecular flexibility index (Phi) is 16.6. The summed E-state index contributed by atoms with van der Waals surface area (Å²) >= 11 is 24.4. The Morgan fingerprint density at radius 3 is 1.15 bits per heavy atom. The fourth-order valence-corrected chi connectivity index (χ4v) is 6.16. The van der Waals surface area contributed by atoms with E-state index in [4.69, 9.17) is 74.8 Å². The number of fused-ring (bicyclic) bond motifs is 2. The average molecular weight is 905 g/mol. The highest BCUT2D eigenvalue weighted by atomic mass is 35.5. The Morgan fingerprint density at radius 2 is 0.833 bits per heavy atom. The van der Waals surface area contributed by atoms with E-state index in [-0.39, 0.29) is 36.5 Å². The van der Waals surface area contributed by atoms with Crippen LogP contribution in [0, 0.1) is 0 Å². The van der Waals surface area contributed by atoms with E-state index in [2.05, 4.69) is 20.6 Å². The van der Waals surface area contributed by atoms with Gasteiger partial charge in [-0.3, -0.25) is 0 Å². The van der Waals surface area contributed by atoms with E-state index in [9.17, 15) is 19.2 Å². The molecule has 0 saturated heterocycles. The average Bonchev–Trinajstić information content (AvgIpc) is 3.86. The molecule has 316 valence electrons. The number of rotatable bonds is 16. The molecule has 2 aromatic heterocycles. The highest BCUT2D eigenvalue weighted by Crippen LogP contribution is 2.32. The molecule has 6 rings (SSSR count). The van der Waals surface area contributed by atoms with Gasteiger partial charge in [0.25, 0.3) is 12.2 Å². The standard InChI is InChI=1S/2C20H19Cl2N3O5/c2*1-3-28-19(26)17(20(27)29-4-2)30-18(12-9-10-13(21)14(22)11-12)25-16-8-6-5-7-15(16)23-24-25/h2*5-11,17-18H,3-4H2,1-2H3/t2*18-/m10/s1. The van der Waals surface area contributed by atoms with Gasteiger partial charge in [0.15, 0.2) is 12.5 Å². The lowest BCUT2D eigenvalue weighted by atomic mass is 10.2. The zero-order valence-electron chi connectivity index (χ0n) is 32.5. The third-order valence-corrected chi connectivity index (χ3v) is 9.67. The van der Waals surface area contributed by atoms with Crippen molar-refractivity contribution in [3.05, 3.63) is 116 Å². The maximum atomic E-state index is 12.4.